The van der Waals surface area contributed by atoms with Crippen LogP contribution in [0.5, 0.6) is 0 Å². The third-order valence-corrected chi connectivity index (χ3v) is 6.21. The van der Waals surface area contributed by atoms with Gasteiger partial charge < -0.3 is 20.5 Å². The maximum absolute atomic E-state index is 12.3. The van der Waals surface area contributed by atoms with Gasteiger partial charge in [0.1, 0.15) is 5.69 Å². The van der Waals surface area contributed by atoms with Crippen molar-refractivity contribution >= 4 is 50.0 Å². The summed E-state index contributed by atoms with van der Waals surface area (Å²) in [4.78, 5) is 35.5. The number of thiazole rings is 1. The molecule has 9 heteroatoms. The number of benzene rings is 1. The molecule has 0 unspecified atom stereocenters. The Morgan fingerprint density at radius 2 is 2.04 bits per heavy atom. The van der Waals surface area contributed by atoms with Gasteiger partial charge >= 0.3 is 0 Å². The molecule has 1 aromatic carbocycles. The molecule has 2 amide bonds. The summed E-state index contributed by atoms with van der Waals surface area (Å²) in [6.45, 7) is 2.50. The highest BCUT2D eigenvalue weighted by Gasteiger charge is 2.21. The number of amides is 2. The molecular formula is C19H20BrN5O2S. The minimum atomic E-state index is -0.200. The zero-order valence-electron chi connectivity index (χ0n) is 15.3. The molecule has 28 heavy (non-hydrogen) atoms. The molecule has 0 saturated heterocycles. The van der Waals surface area contributed by atoms with Gasteiger partial charge in [0, 0.05) is 52.9 Å². The van der Waals surface area contributed by atoms with Gasteiger partial charge in [0.25, 0.3) is 11.8 Å². The van der Waals surface area contributed by atoms with Gasteiger partial charge in [-0.25, -0.2) is 4.98 Å². The van der Waals surface area contributed by atoms with Crippen molar-refractivity contribution in [3.63, 3.8) is 0 Å². The highest BCUT2D eigenvalue weighted by Crippen LogP contribution is 2.24. The van der Waals surface area contributed by atoms with E-state index in [9.17, 15) is 9.59 Å². The van der Waals surface area contributed by atoms with E-state index >= 15 is 0 Å². The lowest BCUT2D eigenvalue weighted by atomic mass is 10.2. The number of likely N-dealkylation sites (N-methyl/N-ethyl adjacent to an activating group) is 1. The van der Waals surface area contributed by atoms with Crippen LogP contribution in [0.2, 0.25) is 0 Å². The number of nitrogens with one attached hydrogen (secondary N) is 3. The Morgan fingerprint density at radius 3 is 2.86 bits per heavy atom. The van der Waals surface area contributed by atoms with Crippen LogP contribution >= 0.6 is 27.3 Å². The van der Waals surface area contributed by atoms with Gasteiger partial charge in [-0.15, -0.1) is 11.3 Å². The quantitative estimate of drug-likeness (QED) is 0.509. The van der Waals surface area contributed by atoms with E-state index in [4.69, 9.17) is 0 Å². The summed E-state index contributed by atoms with van der Waals surface area (Å²) in [5.41, 5.74) is 2.43. The van der Waals surface area contributed by atoms with Gasteiger partial charge in [0.15, 0.2) is 5.01 Å². The van der Waals surface area contributed by atoms with Crippen LogP contribution in [0, 0.1) is 0 Å². The zero-order chi connectivity index (χ0) is 19.7. The summed E-state index contributed by atoms with van der Waals surface area (Å²) in [6, 6.07) is 7.60. The molecule has 3 aromatic rings. The number of rotatable bonds is 5. The van der Waals surface area contributed by atoms with Crippen LogP contribution in [0.25, 0.3) is 10.9 Å². The molecule has 1 aliphatic heterocycles. The smallest absolute Gasteiger partial charge is 0.280 e. The number of halogens is 1. The number of carbonyl (C=O) groups is 2. The third-order valence-electron chi connectivity index (χ3n) is 4.64. The molecule has 0 saturated carbocycles. The summed E-state index contributed by atoms with van der Waals surface area (Å²) in [5.74, 6) is -0.388. The van der Waals surface area contributed by atoms with Crippen molar-refractivity contribution in [2.45, 2.75) is 13.0 Å². The Kier molecular flexibility index (Phi) is 5.47. The van der Waals surface area contributed by atoms with Gasteiger partial charge in [-0.3, -0.25) is 9.59 Å². The van der Waals surface area contributed by atoms with Crippen LogP contribution in [-0.4, -0.2) is 53.4 Å². The second-order valence-electron chi connectivity index (χ2n) is 6.80. The third kappa shape index (κ3) is 4.11. The van der Waals surface area contributed by atoms with E-state index in [1.807, 2.05) is 24.3 Å². The molecule has 0 fully saturated rings. The molecule has 0 atom stereocenters. The molecule has 7 nitrogen and oxygen atoms in total. The predicted molar refractivity (Wildman–Crippen MR) is 113 cm³/mol. The SMILES string of the molecule is CN1CCc2nc(C(=O)NCCNC(=O)c3cc4cc(Br)ccc4[nH]3)sc2C1. The number of H-pyrrole nitrogens is 1. The molecule has 0 spiro atoms. The first-order chi connectivity index (χ1) is 13.5. The van der Waals surface area contributed by atoms with E-state index in [2.05, 4.69) is 48.5 Å². The Balaban J connectivity index is 1.28. The molecule has 3 heterocycles. The first-order valence-electron chi connectivity index (χ1n) is 9.01. The molecule has 3 N–H and O–H groups in total. The van der Waals surface area contributed by atoms with Crippen molar-refractivity contribution in [2.24, 2.45) is 0 Å². The summed E-state index contributed by atoms with van der Waals surface area (Å²) in [5, 5.41) is 7.10. The van der Waals surface area contributed by atoms with Crippen LogP contribution in [0.4, 0.5) is 0 Å². The number of aromatic nitrogens is 2. The van der Waals surface area contributed by atoms with Crippen molar-refractivity contribution in [3.05, 3.63) is 50.0 Å². The molecule has 0 aliphatic carbocycles. The van der Waals surface area contributed by atoms with E-state index in [-0.39, 0.29) is 11.8 Å². The first-order valence-corrected chi connectivity index (χ1v) is 10.6. The molecule has 2 aromatic heterocycles. The fourth-order valence-electron chi connectivity index (χ4n) is 3.17. The molecule has 0 radical (unpaired) electrons. The van der Waals surface area contributed by atoms with Crippen molar-refractivity contribution < 1.29 is 9.59 Å². The monoisotopic (exact) mass is 461 g/mol. The Hall–Kier alpha value is -2.23. The number of aromatic amines is 1. The van der Waals surface area contributed by atoms with Crippen LogP contribution in [0.1, 0.15) is 30.9 Å². The number of carbonyl (C=O) groups excluding carboxylic acids is 2. The fraction of sp³-hybridized carbons (Fsp3) is 0.316. The maximum Gasteiger partial charge on any atom is 0.280 e. The molecule has 4 rings (SSSR count). The minimum Gasteiger partial charge on any atom is -0.351 e. The maximum atomic E-state index is 12.3. The van der Waals surface area contributed by atoms with Crippen LogP contribution < -0.4 is 10.6 Å². The van der Waals surface area contributed by atoms with Gasteiger partial charge in [-0.2, -0.15) is 0 Å². The molecule has 1 aliphatic rings. The predicted octanol–water partition coefficient (Wildman–Crippen LogP) is 2.53. The lowest BCUT2D eigenvalue weighted by Gasteiger charge is -2.20. The lowest BCUT2D eigenvalue weighted by molar-refractivity contribution is 0.0925. The number of fused-ring (bicyclic) bond motifs is 2. The minimum absolute atomic E-state index is 0.188. The van der Waals surface area contributed by atoms with Crippen LogP contribution in [-0.2, 0) is 13.0 Å². The molecule has 0 bridgehead atoms. The molecular weight excluding hydrogens is 442 g/mol. The van der Waals surface area contributed by atoms with E-state index in [1.54, 1.807) is 0 Å². The van der Waals surface area contributed by atoms with Gasteiger partial charge in [0.05, 0.1) is 5.69 Å². The Labute approximate surface area is 174 Å². The van der Waals surface area contributed by atoms with Gasteiger partial charge in [-0.1, -0.05) is 15.9 Å². The summed E-state index contributed by atoms with van der Waals surface area (Å²) in [6.07, 6.45) is 0.882. The number of nitrogens with zero attached hydrogens (tertiary/aromatic N) is 2. The lowest BCUT2D eigenvalue weighted by Crippen LogP contribution is -2.34. The average molecular weight is 462 g/mol. The van der Waals surface area contributed by atoms with Crippen molar-refractivity contribution in [1.82, 2.24) is 25.5 Å². The fourth-order valence-corrected chi connectivity index (χ4v) is 4.65. The van der Waals surface area contributed by atoms with Crippen molar-refractivity contribution in [3.8, 4) is 0 Å². The second kappa shape index (κ2) is 8.02. The van der Waals surface area contributed by atoms with Gasteiger partial charge in [0.2, 0.25) is 0 Å². The van der Waals surface area contributed by atoms with E-state index < -0.39 is 0 Å². The van der Waals surface area contributed by atoms with E-state index in [0.717, 1.165) is 45.5 Å². The zero-order valence-corrected chi connectivity index (χ0v) is 17.7. The second-order valence-corrected chi connectivity index (χ2v) is 8.80. The average Bonchev–Trinajstić information content (AvgIpc) is 3.28. The standard InChI is InChI=1S/C19H20BrN5O2S/c1-25-7-4-14-16(10-25)28-19(24-14)18(27)22-6-5-21-17(26)15-9-11-8-12(20)2-3-13(11)23-15/h2-3,8-9,23H,4-7,10H2,1H3,(H,21,26)(H,22,27). The van der Waals surface area contributed by atoms with E-state index in [1.165, 1.54) is 11.3 Å². The number of hydrogen-bond donors (Lipinski definition) is 3. The highest BCUT2D eigenvalue weighted by atomic mass is 79.9. The highest BCUT2D eigenvalue weighted by molar-refractivity contribution is 9.10. The summed E-state index contributed by atoms with van der Waals surface area (Å²) < 4.78 is 0.962. The largest absolute Gasteiger partial charge is 0.351 e. The first kappa shape index (κ1) is 19.1. The van der Waals surface area contributed by atoms with Crippen LogP contribution in [0.3, 0.4) is 0 Å². The number of hydrogen-bond acceptors (Lipinski definition) is 5. The molecule has 146 valence electrons. The summed E-state index contributed by atoms with van der Waals surface area (Å²) >= 11 is 4.87. The topological polar surface area (TPSA) is 90.1 Å². The van der Waals surface area contributed by atoms with E-state index in [0.29, 0.717) is 23.8 Å². The Bertz CT molecular complexity index is 1040. The normalized spacial score (nSPS) is 14.1. The summed E-state index contributed by atoms with van der Waals surface area (Å²) in [7, 11) is 2.07. The van der Waals surface area contributed by atoms with Crippen molar-refractivity contribution in [2.75, 3.05) is 26.7 Å². The Morgan fingerprint density at radius 1 is 1.25 bits per heavy atom. The van der Waals surface area contributed by atoms with Crippen molar-refractivity contribution in [1.29, 1.82) is 0 Å². The van der Waals surface area contributed by atoms with Crippen LogP contribution in [0.15, 0.2) is 28.7 Å². The van der Waals surface area contributed by atoms with Gasteiger partial charge in [-0.05, 0) is 31.3 Å².